The first-order valence-electron chi connectivity index (χ1n) is 9.25. The van der Waals surface area contributed by atoms with Crippen LogP contribution in [0.2, 0.25) is 0 Å². The number of rotatable bonds is 7. The summed E-state index contributed by atoms with van der Waals surface area (Å²) in [5.74, 6) is 2.27. The summed E-state index contributed by atoms with van der Waals surface area (Å²) in [6.45, 7) is 5.22. The number of aryl methyl sites for hydroxylation is 1. The second kappa shape index (κ2) is 8.96. The first kappa shape index (κ1) is 18.6. The summed E-state index contributed by atoms with van der Waals surface area (Å²) in [6.07, 6.45) is 2.16. The van der Waals surface area contributed by atoms with E-state index in [1.807, 2.05) is 37.1 Å². The second-order valence-electron chi connectivity index (χ2n) is 6.79. The van der Waals surface area contributed by atoms with Crippen molar-refractivity contribution in [1.82, 2.24) is 9.97 Å². The zero-order valence-electron chi connectivity index (χ0n) is 15.6. The van der Waals surface area contributed by atoms with Gasteiger partial charge in [0.2, 0.25) is 5.95 Å². The van der Waals surface area contributed by atoms with Crippen molar-refractivity contribution < 1.29 is 9.84 Å². The predicted octanol–water partition coefficient (Wildman–Crippen LogP) is 2.78. The maximum atomic E-state index is 8.81. The number of benzene rings is 1. The molecule has 0 atom stereocenters. The van der Waals surface area contributed by atoms with Gasteiger partial charge in [-0.25, -0.2) is 4.98 Å². The number of para-hydroxylation sites is 1. The van der Waals surface area contributed by atoms with Gasteiger partial charge in [0.05, 0.1) is 13.2 Å². The number of aliphatic hydroxyl groups excluding tert-OH is 1. The molecule has 0 radical (unpaired) electrons. The van der Waals surface area contributed by atoms with Crippen LogP contribution in [-0.2, 0) is 4.74 Å². The lowest BCUT2D eigenvalue weighted by atomic mass is 9.98. The lowest BCUT2D eigenvalue weighted by molar-refractivity contribution is 0.0615. The Hall–Kier alpha value is -2.18. The van der Waals surface area contributed by atoms with Gasteiger partial charge in [0.1, 0.15) is 5.82 Å². The van der Waals surface area contributed by atoms with Gasteiger partial charge in [-0.15, -0.1) is 0 Å². The fourth-order valence-corrected chi connectivity index (χ4v) is 3.26. The molecule has 0 spiro atoms. The van der Waals surface area contributed by atoms with Gasteiger partial charge in [-0.1, -0.05) is 18.2 Å². The number of aliphatic hydroxyl groups is 1. The van der Waals surface area contributed by atoms with Gasteiger partial charge in [0.15, 0.2) is 0 Å². The first-order chi connectivity index (χ1) is 12.7. The highest BCUT2D eigenvalue weighted by Crippen LogP contribution is 2.26. The lowest BCUT2D eigenvalue weighted by Gasteiger charge is -2.33. The largest absolute Gasteiger partial charge is 0.394 e. The van der Waals surface area contributed by atoms with Crippen LogP contribution in [0.4, 0.5) is 17.5 Å². The minimum Gasteiger partial charge on any atom is -0.394 e. The van der Waals surface area contributed by atoms with Crippen LogP contribution in [0, 0.1) is 12.8 Å². The number of piperidine rings is 1. The summed E-state index contributed by atoms with van der Waals surface area (Å²) < 4.78 is 5.48. The van der Waals surface area contributed by atoms with Crippen molar-refractivity contribution >= 4 is 17.5 Å². The summed E-state index contributed by atoms with van der Waals surface area (Å²) in [5, 5.41) is 8.81. The van der Waals surface area contributed by atoms with Crippen molar-refractivity contribution in [1.29, 1.82) is 0 Å². The van der Waals surface area contributed by atoms with E-state index in [0.29, 0.717) is 12.5 Å². The van der Waals surface area contributed by atoms with Crippen molar-refractivity contribution in [2.24, 2.45) is 5.92 Å². The van der Waals surface area contributed by atoms with E-state index < -0.39 is 0 Å². The Kier molecular flexibility index (Phi) is 6.41. The molecule has 1 fully saturated rings. The third kappa shape index (κ3) is 4.71. The lowest BCUT2D eigenvalue weighted by Crippen LogP contribution is -2.36. The Bertz CT molecular complexity index is 687. The van der Waals surface area contributed by atoms with Crippen molar-refractivity contribution in [3.8, 4) is 0 Å². The predicted molar refractivity (Wildman–Crippen MR) is 104 cm³/mol. The summed E-state index contributed by atoms with van der Waals surface area (Å²) in [4.78, 5) is 13.8. The van der Waals surface area contributed by atoms with Crippen molar-refractivity contribution in [2.75, 3.05) is 49.8 Å². The average Bonchev–Trinajstić information content (AvgIpc) is 2.68. The van der Waals surface area contributed by atoms with Gasteiger partial charge in [-0.3, -0.25) is 0 Å². The Balaban J connectivity index is 1.67. The molecule has 1 saturated heterocycles. The summed E-state index contributed by atoms with van der Waals surface area (Å²) >= 11 is 0. The maximum absolute atomic E-state index is 8.81. The molecule has 1 aromatic carbocycles. The third-order valence-electron chi connectivity index (χ3n) is 4.80. The van der Waals surface area contributed by atoms with Crippen LogP contribution >= 0.6 is 0 Å². The Morgan fingerprint density at radius 3 is 2.62 bits per heavy atom. The molecule has 2 heterocycles. The summed E-state index contributed by atoms with van der Waals surface area (Å²) in [5.41, 5.74) is 2.05. The van der Waals surface area contributed by atoms with E-state index in [0.717, 1.165) is 55.7 Å². The minimum atomic E-state index is 0.0940. The molecular formula is C20H28N4O2. The highest BCUT2D eigenvalue weighted by molar-refractivity contribution is 5.58. The quantitative estimate of drug-likeness (QED) is 0.770. The van der Waals surface area contributed by atoms with Crippen molar-refractivity contribution in [3.05, 3.63) is 42.1 Å². The minimum absolute atomic E-state index is 0.0940. The van der Waals surface area contributed by atoms with Gasteiger partial charge in [-0.05, 0) is 37.8 Å². The van der Waals surface area contributed by atoms with Crippen molar-refractivity contribution in [3.63, 3.8) is 0 Å². The highest BCUT2D eigenvalue weighted by Gasteiger charge is 2.21. The Morgan fingerprint density at radius 2 is 1.92 bits per heavy atom. The van der Waals surface area contributed by atoms with Gasteiger partial charge in [-0.2, -0.15) is 4.98 Å². The SMILES string of the molecule is Cc1cc(N2CCC(COCCO)CC2)nc(N(C)c2ccccc2)n1. The second-order valence-corrected chi connectivity index (χ2v) is 6.79. The van der Waals surface area contributed by atoms with Crippen LogP contribution in [0.3, 0.4) is 0 Å². The van der Waals surface area contributed by atoms with E-state index >= 15 is 0 Å². The van der Waals surface area contributed by atoms with E-state index in [2.05, 4.69) is 28.1 Å². The molecule has 0 bridgehead atoms. The van der Waals surface area contributed by atoms with Crippen molar-refractivity contribution in [2.45, 2.75) is 19.8 Å². The number of anilines is 3. The monoisotopic (exact) mass is 356 g/mol. The average molecular weight is 356 g/mol. The van der Waals surface area contributed by atoms with E-state index in [1.165, 1.54) is 0 Å². The first-order valence-corrected chi connectivity index (χ1v) is 9.25. The molecule has 1 aromatic heterocycles. The Morgan fingerprint density at radius 1 is 1.19 bits per heavy atom. The van der Waals surface area contributed by atoms with Crippen LogP contribution in [0.1, 0.15) is 18.5 Å². The van der Waals surface area contributed by atoms with Gasteiger partial charge >= 0.3 is 0 Å². The molecule has 0 aliphatic carbocycles. The molecule has 0 saturated carbocycles. The topological polar surface area (TPSA) is 61.7 Å². The molecule has 2 aromatic rings. The maximum Gasteiger partial charge on any atom is 0.231 e. The zero-order chi connectivity index (χ0) is 18.4. The third-order valence-corrected chi connectivity index (χ3v) is 4.80. The molecule has 6 heteroatoms. The molecule has 26 heavy (non-hydrogen) atoms. The van der Waals surface area contributed by atoms with E-state index in [9.17, 15) is 0 Å². The smallest absolute Gasteiger partial charge is 0.231 e. The molecule has 140 valence electrons. The fourth-order valence-electron chi connectivity index (χ4n) is 3.26. The normalized spacial score (nSPS) is 15.3. The molecule has 1 N–H and O–H groups in total. The number of ether oxygens (including phenoxy) is 1. The number of hydrogen-bond acceptors (Lipinski definition) is 6. The summed E-state index contributed by atoms with van der Waals surface area (Å²) in [6, 6.07) is 12.2. The van der Waals surface area contributed by atoms with E-state index in [1.54, 1.807) is 0 Å². The Labute approximate surface area is 155 Å². The van der Waals surface area contributed by atoms with Crippen LogP contribution < -0.4 is 9.80 Å². The van der Waals surface area contributed by atoms with Crippen LogP contribution in [-0.4, -0.2) is 55.0 Å². The van der Waals surface area contributed by atoms with Crippen LogP contribution in [0.25, 0.3) is 0 Å². The number of aromatic nitrogens is 2. The van der Waals surface area contributed by atoms with Gasteiger partial charge < -0.3 is 19.6 Å². The molecule has 6 nitrogen and oxygen atoms in total. The summed E-state index contributed by atoms with van der Waals surface area (Å²) in [7, 11) is 2.00. The molecule has 0 unspecified atom stereocenters. The number of hydrogen-bond donors (Lipinski definition) is 1. The molecule has 0 amide bonds. The van der Waals surface area contributed by atoms with E-state index in [4.69, 9.17) is 14.8 Å². The highest BCUT2D eigenvalue weighted by atomic mass is 16.5. The number of nitrogens with zero attached hydrogens (tertiary/aromatic N) is 4. The zero-order valence-corrected chi connectivity index (χ0v) is 15.6. The van der Waals surface area contributed by atoms with Gasteiger partial charge in [0.25, 0.3) is 0 Å². The van der Waals surface area contributed by atoms with Gasteiger partial charge in [0, 0.05) is 44.2 Å². The fraction of sp³-hybridized carbons (Fsp3) is 0.500. The standard InChI is InChI=1S/C20H28N4O2/c1-16-14-19(24-10-8-17(9-11-24)15-26-13-12-25)22-20(21-16)23(2)18-6-4-3-5-7-18/h3-7,14,17,25H,8-13,15H2,1-2H3. The molecule has 1 aliphatic rings. The molecule has 1 aliphatic heterocycles. The molecular weight excluding hydrogens is 328 g/mol. The molecule has 3 rings (SSSR count). The van der Waals surface area contributed by atoms with Crippen LogP contribution in [0.5, 0.6) is 0 Å². The van der Waals surface area contributed by atoms with E-state index in [-0.39, 0.29) is 6.61 Å². The van der Waals surface area contributed by atoms with Crippen LogP contribution in [0.15, 0.2) is 36.4 Å².